The minimum atomic E-state index is -0.833. The molecular weight excluding hydrogens is 426 g/mol. The van der Waals surface area contributed by atoms with Gasteiger partial charge in [0.2, 0.25) is 0 Å². The summed E-state index contributed by atoms with van der Waals surface area (Å²) in [6.45, 7) is 8.55. The van der Waals surface area contributed by atoms with Gasteiger partial charge < -0.3 is 42.3 Å². The molecule has 0 amide bonds. The second-order valence-electron chi connectivity index (χ2n) is 3.92. The van der Waals surface area contributed by atoms with Gasteiger partial charge >= 0.3 is 0 Å². The standard InChI is InChI=1S/C4H13N3.5C2H4O2.Fe/c5-1-3-7-4-2-6;5*1-2(3)4;/h7H,1-6H2;5*1H3,(H,3,4);. The molecule has 0 saturated heterocycles. The maximum absolute atomic E-state index is 9.00. The van der Waals surface area contributed by atoms with E-state index >= 15 is 0 Å². The van der Waals surface area contributed by atoms with Gasteiger partial charge in [-0.15, -0.1) is 0 Å². The molecule has 0 atom stereocenters. The maximum Gasteiger partial charge on any atom is 0.300 e. The molecule has 0 aromatic heterocycles. The molecule has 0 heterocycles. The van der Waals surface area contributed by atoms with Gasteiger partial charge in [-0.25, -0.2) is 0 Å². The van der Waals surface area contributed by atoms with Crippen LogP contribution >= 0.6 is 0 Å². The predicted octanol–water partition coefficient (Wildman–Crippen LogP) is -1.05. The molecule has 28 heavy (non-hydrogen) atoms. The molecular formula is C14H33FeN3O10. The number of carboxylic acids is 5. The molecule has 10 N–H and O–H groups in total. The van der Waals surface area contributed by atoms with Crippen LogP contribution in [0.15, 0.2) is 0 Å². The fourth-order valence-corrected chi connectivity index (χ4v) is 0.329. The first-order valence-electron chi connectivity index (χ1n) is 7.16. The molecule has 0 aromatic carbocycles. The molecule has 14 heteroatoms. The first-order chi connectivity index (χ1) is 12.1. The molecule has 0 unspecified atom stereocenters. The topological polar surface area (TPSA) is 251 Å². The van der Waals surface area contributed by atoms with Crippen molar-refractivity contribution in [3.63, 3.8) is 0 Å². The van der Waals surface area contributed by atoms with Crippen LogP contribution in [-0.4, -0.2) is 81.6 Å². The Balaban J connectivity index is -0.0000000382. The Morgan fingerprint density at radius 3 is 0.750 bits per heavy atom. The van der Waals surface area contributed by atoms with Crippen molar-refractivity contribution >= 4 is 29.8 Å². The van der Waals surface area contributed by atoms with Crippen LogP contribution in [0.2, 0.25) is 0 Å². The van der Waals surface area contributed by atoms with Crippen LogP contribution in [0.4, 0.5) is 0 Å². The zero-order valence-corrected chi connectivity index (χ0v) is 17.7. The van der Waals surface area contributed by atoms with Gasteiger partial charge in [0.05, 0.1) is 0 Å². The van der Waals surface area contributed by atoms with Gasteiger partial charge in [-0.2, -0.15) is 0 Å². The molecule has 0 aliphatic heterocycles. The summed E-state index contributed by atoms with van der Waals surface area (Å²) in [6.07, 6.45) is 0. The van der Waals surface area contributed by atoms with Crippen LogP contribution in [0.1, 0.15) is 34.6 Å². The van der Waals surface area contributed by atoms with Crippen LogP contribution in [0.5, 0.6) is 0 Å². The molecule has 0 aliphatic carbocycles. The van der Waals surface area contributed by atoms with E-state index in [1.807, 2.05) is 0 Å². The van der Waals surface area contributed by atoms with Crippen molar-refractivity contribution in [2.24, 2.45) is 11.5 Å². The molecule has 0 bridgehead atoms. The first-order valence-corrected chi connectivity index (χ1v) is 7.16. The van der Waals surface area contributed by atoms with Crippen LogP contribution < -0.4 is 16.8 Å². The second-order valence-corrected chi connectivity index (χ2v) is 3.92. The summed E-state index contributed by atoms with van der Waals surface area (Å²) in [7, 11) is 0. The molecule has 0 radical (unpaired) electrons. The minimum Gasteiger partial charge on any atom is -0.481 e. The van der Waals surface area contributed by atoms with Crippen LogP contribution in [0.25, 0.3) is 0 Å². The number of carbonyl (C=O) groups is 5. The summed E-state index contributed by atoms with van der Waals surface area (Å²) >= 11 is 0. The first kappa shape index (κ1) is 44.9. The van der Waals surface area contributed by atoms with Gasteiger partial charge in [0.15, 0.2) is 0 Å². The van der Waals surface area contributed by atoms with E-state index in [4.69, 9.17) is 61.0 Å². The summed E-state index contributed by atoms with van der Waals surface area (Å²) in [5.74, 6) is -4.17. The molecule has 13 nitrogen and oxygen atoms in total. The van der Waals surface area contributed by atoms with Crippen molar-refractivity contribution in [3.8, 4) is 0 Å². The van der Waals surface area contributed by atoms with Crippen LogP contribution in [0, 0.1) is 0 Å². The number of rotatable bonds is 4. The van der Waals surface area contributed by atoms with E-state index in [1.54, 1.807) is 0 Å². The summed E-state index contributed by atoms with van der Waals surface area (Å²) in [6, 6.07) is 0. The van der Waals surface area contributed by atoms with E-state index in [0.717, 1.165) is 47.7 Å². The zero-order chi connectivity index (χ0) is 23.4. The Morgan fingerprint density at radius 2 is 0.679 bits per heavy atom. The largest absolute Gasteiger partial charge is 0.481 e. The predicted molar refractivity (Wildman–Crippen MR) is 97.5 cm³/mol. The average molecular weight is 459 g/mol. The summed E-state index contributed by atoms with van der Waals surface area (Å²) in [5.41, 5.74) is 10.3. The number of carboxylic acid groups (broad SMARTS) is 5. The molecule has 0 aliphatic rings. The molecule has 0 aromatic rings. The Kier molecular flexibility index (Phi) is 71.0. The van der Waals surface area contributed by atoms with Gasteiger partial charge in [0.1, 0.15) is 0 Å². The number of hydrogen-bond acceptors (Lipinski definition) is 8. The van der Waals surface area contributed by atoms with E-state index in [0.29, 0.717) is 13.1 Å². The fraction of sp³-hybridized carbons (Fsp3) is 0.643. The van der Waals surface area contributed by atoms with Crippen LogP contribution in [-0.2, 0) is 41.0 Å². The van der Waals surface area contributed by atoms with Gasteiger partial charge in [-0.05, 0) is 0 Å². The molecule has 0 fully saturated rings. The quantitative estimate of drug-likeness (QED) is 0.185. The van der Waals surface area contributed by atoms with Crippen molar-refractivity contribution in [3.05, 3.63) is 0 Å². The zero-order valence-electron chi connectivity index (χ0n) is 16.6. The molecule has 0 saturated carbocycles. The van der Waals surface area contributed by atoms with Gasteiger partial charge in [0, 0.05) is 77.9 Å². The summed E-state index contributed by atoms with van der Waals surface area (Å²) in [4.78, 5) is 45.0. The van der Waals surface area contributed by atoms with E-state index < -0.39 is 29.8 Å². The average Bonchev–Trinajstić information content (AvgIpc) is 2.35. The van der Waals surface area contributed by atoms with Gasteiger partial charge in [-0.3, -0.25) is 24.0 Å². The molecule has 0 spiro atoms. The number of aliphatic carboxylic acids is 5. The van der Waals surface area contributed by atoms with Crippen molar-refractivity contribution in [1.29, 1.82) is 0 Å². The Morgan fingerprint density at radius 1 is 0.571 bits per heavy atom. The monoisotopic (exact) mass is 459 g/mol. The normalized spacial score (nSPS) is 6.82. The second kappa shape index (κ2) is 44.3. The van der Waals surface area contributed by atoms with Crippen molar-refractivity contribution < 1.29 is 66.6 Å². The Hall–Kier alpha value is -2.25. The van der Waals surface area contributed by atoms with Gasteiger partial charge in [-0.1, -0.05) is 0 Å². The summed E-state index contributed by atoms with van der Waals surface area (Å²) < 4.78 is 0. The molecule has 0 rings (SSSR count). The third-order valence-corrected chi connectivity index (χ3v) is 0.642. The third kappa shape index (κ3) is 4020. The summed E-state index contributed by atoms with van der Waals surface area (Å²) in [5, 5.41) is 40.1. The minimum absolute atomic E-state index is 0. The van der Waals surface area contributed by atoms with Crippen molar-refractivity contribution in [1.82, 2.24) is 5.32 Å². The Labute approximate surface area is 174 Å². The molecule has 172 valence electrons. The Bertz CT molecular complexity index is 289. The van der Waals surface area contributed by atoms with E-state index in [9.17, 15) is 0 Å². The number of hydrogen-bond donors (Lipinski definition) is 8. The van der Waals surface area contributed by atoms with Crippen LogP contribution in [0.3, 0.4) is 0 Å². The van der Waals surface area contributed by atoms with Gasteiger partial charge in [0.25, 0.3) is 29.8 Å². The number of nitrogens with two attached hydrogens (primary N) is 2. The van der Waals surface area contributed by atoms with E-state index in [-0.39, 0.29) is 17.1 Å². The van der Waals surface area contributed by atoms with Crippen molar-refractivity contribution in [2.45, 2.75) is 34.6 Å². The van der Waals surface area contributed by atoms with E-state index in [1.165, 1.54) is 0 Å². The van der Waals surface area contributed by atoms with Crippen molar-refractivity contribution in [2.75, 3.05) is 26.2 Å². The maximum atomic E-state index is 9.00. The smallest absolute Gasteiger partial charge is 0.300 e. The fourth-order valence-electron chi connectivity index (χ4n) is 0.329. The SMILES string of the molecule is CC(=O)O.CC(=O)O.CC(=O)O.CC(=O)O.CC(=O)O.NCCNCCN.[Fe]. The third-order valence-electron chi connectivity index (χ3n) is 0.642. The number of nitrogens with one attached hydrogen (secondary N) is 1. The van der Waals surface area contributed by atoms with E-state index in [2.05, 4.69) is 5.32 Å².